The minimum Gasteiger partial charge on any atom is -0.397 e. The van der Waals surface area contributed by atoms with Gasteiger partial charge in [0.2, 0.25) is 0 Å². The van der Waals surface area contributed by atoms with E-state index in [9.17, 15) is 5.26 Å². The maximum atomic E-state index is 9.82. The molecule has 0 unspecified atom stereocenters. The van der Waals surface area contributed by atoms with Gasteiger partial charge in [-0.2, -0.15) is 5.26 Å². The summed E-state index contributed by atoms with van der Waals surface area (Å²) < 4.78 is 0. The van der Waals surface area contributed by atoms with Crippen LogP contribution in [0.1, 0.15) is 5.56 Å². The molecule has 1 aliphatic rings. The SMILES string of the molecule is N#Cc1cc(-c2cc(-c3ccccc3)c3c(c2-c2ccccc2)-c2cccc4cccc-3c24)cc(N)c1N. The molecular formula is C35H23N3. The second-order valence-electron chi connectivity index (χ2n) is 9.68. The number of fused-ring (bicyclic) bond motifs is 3. The Morgan fingerprint density at radius 3 is 1.76 bits per heavy atom. The Balaban J connectivity index is 1.70. The standard InChI is InChI=1S/C35H23N3/c36-20-25-17-24(18-30(37)35(25)38)29-19-28(21-9-3-1-4-10-21)33-26-15-7-13-22-14-8-16-27(31(22)26)34(33)32(29)23-11-5-2-6-12-23/h1-19H,37-38H2. The lowest BCUT2D eigenvalue weighted by molar-refractivity contribution is 1.48. The maximum absolute atomic E-state index is 9.82. The van der Waals surface area contributed by atoms with Crippen molar-refractivity contribution in [3.63, 3.8) is 0 Å². The Hall–Kier alpha value is -5.33. The first kappa shape index (κ1) is 21.9. The Kier molecular flexibility index (Phi) is 4.82. The molecule has 0 aromatic heterocycles. The van der Waals surface area contributed by atoms with Crippen LogP contribution in [0.15, 0.2) is 115 Å². The van der Waals surface area contributed by atoms with E-state index in [4.69, 9.17) is 11.5 Å². The van der Waals surface area contributed by atoms with Crippen molar-refractivity contribution in [1.29, 1.82) is 5.26 Å². The lowest BCUT2D eigenvalue weighted by atomic mass is 9.82. The zero-order chi connectivity index (χ0) is 25.8. The molecule has 0 amide bonds. The third kappa shape index (κ3) is 3.14. The van der Waals surface area contributed by atoms with Crippen LogP contribution < -0.4 is 11.5 Å². The van der Waals surface area contributed by atoms with Gasteiger partial charge in [-0.05, 0) is 84.6 Å². The molecule has 0 saturated carbocycles. The summed E-state index contributed by atoms with van der Waals surface area (Å²) >= 11 is 0. The van der Waals surface area contributed by atoms with Crippen molar-refractivity contribution in [3.05, 3.63) is 121 Å². The van der Waals surface area contributed by atoms with E-state index in [1.807, 2.05) is 24.3 Å². The van der Waals surface area contributed by atoms with Crippen LogP contribution in [0.4, 0.5) is 11.4 Å². The Morgan fingerprint density at radius 1 is 0.500 bits per heavy atom. The van der Waals surface area contributed by atoms with E-state index >= 15 is 0 Å². The summed E-state index contributed by atoms with van der Waals surface area (Å²) in [4.78, 5) is 0. The van der Waals surface area contributed by atoms with Crippen molar-refractivity contribution < 1.29 is 0 Å². The predicted molar refractivity (Wildman–Crippen MR) is 158 cm³/mol. The molecule has 0 aliphatic heterocycles. The van der Waals surface area contributed by atoms with Gasteiger partial charge in [0.1, 0.15) is 6.07 Å². The summed E-state index contributed by atoms with van der Waals surface area (Å²) in [6.07, 6.45) is 0. The number of nitriles is 1. The van der Waals surface area contributed by atoms with Crippen molar-refractivity contribution in [2.45, 2.75) is 0 Å². The maximum Gasteiger partial charge on any atom is 0.101 e. The topological polar surface area (TPSA) is 75.8 Å². The molecule has 0 saturated heterocycles. The Bertz CT molecular complexity index is 1930. The highest BCUT2D eigenvalue weighted by molar-refractivity contribution is 6.22. The minimum absolute atomic E-state index is 0.319. The fourth-order valence-electron chi connectivity index (χ4n) is 5.89. The van der Waals surface area contributed by atoms with E-state index in [-0.39, 0.29) is 0 Å². The van der Waals surface area contributed by atoms with Crippen LogP contribution in [0.2, 0.25) is 0 Å². The number of nitrogens with zero attached hydrogens (tertiary/aromatic N) is 1. The normalized spacial score (nSPS) is 11.3. The highest BCUT2D eigenvalue weighted by Crippen LogP contribution is 2.57. The van der Waals surface area contributed by atoms with Crippen LogP contribution in [0, 0.1) is 11.3 Å². The zero-order valence-corrected chi connectivity index (χ0v) is 20.6. The first-order chi connectivity index (χ1) is 18.7. The molecule has 6 aromatic rings. The van der Waals surface area contributed by atoms with Crippen LogP contribution in [-0.4, -0.2) is 0 Å². The summed E-state index contributed by atoms with van der Waals surface area (Å²) in [6, 6.07) is 42.3. The Labute approximate surface area is 221 Å². The highest BCUT2D eigenvalue weighted by Gasteiger charge is 2.30. The van der Waals surface area contributed by atoms with Crippen molar-refractivity contribution in [2.24, 2.45) is 0 Å². The van der Waals surface area contributed by atoms with Crippen LogP contribution >= 0.6 is 0 Å². The third-order valence-corrected chi connectivity index (χ3v) is 7.56. The summed E-state index contributed by atoms with van der Waals surface area (Å²) in [7, 11) is 0. The molecule has 6 aromatic carbocycles. The quantitative estimate of drug-likeness (QED) is 0.246. The second-order valence-corrected chi connectivity index (χ2v) is 9.68. The lowest BCUT2D eigenvalue weighted by Gasteiger charge is -2.21. The van der Waals surface area contributed by atoms with Gasteiger partial charge in [0, 0.05) is 0 Å². The molecular weight excluding hydrogens is 462 g/mol. The van der Waals surface area contributed by atoms with Crippen molar-refractivity contribution in [3.8, 4) is 61.7 Å². The third-order valence-electron chi connectivity index (χ3n) is 7.56. The average molecular weight is 486 g/mol. The van der Waals surface area contributed by atoms with Crippen molar-refractivity contribution in [1.82, 2.24) is 0 Å². The number of benzene rings is 6. The van der Waals surface area contributed by atoms with E-state index in [1.54, 1.807) is 0 Å². The molecule has 0 fully saturated rings. The fraction of sp³-hybridized carbons (Fsp3) is 0. The van der Waals surface area contributed by atoms with E-state index in [2.05, 4.69) is 97.1 Å². The van der Waals surface area contributed by atoms with E-state index < -0.39 is 0 Å². The molecule has 3 nitrogen and oxygen atoms in total. The molecule has 7 rings (SSSR count). The lowest BCUT2D eigenvalue weighted by Crippen LogP contribution is -2.00. The van der Waals surface area contributed by atoms with Gasteiger partial charge in [0.15, 0.2) is 0 Å². The predicted octanol–water partition coefficient (Wildman–Crippen LogP) is 8.52. The molecule has 0 atom stereocenters. The van der Waals surface area contributed by atoms with Crippen molar-refractivity contribution >= 4 is 22.1 Å². The summed E-state index contributed by atoms with van der Waals surface area (Å²) in [5.41, 5.74) is 24.9. The average Bonchev–Trinajstić information content (AvgIpc) is 3.30. The Morgan fingerprint density at radius 2 is 1.11 bits per heavy atom. The molecule has 178 valence electrons. The van der Waals surface area contributed by atoms with Gasteiger partial charge in [-0.3, -0.25) is 0 Å². The van der Waals surface area contributed by atoms with Crippen molar-refractivity contribution in [2.75, 3.05) is 11.5 Å². The summed E-state index contributed by atoms with van der Waals surface area (Å²) in [6.45, 7) is 0. The molecule has 1 aliphatic carbocycles. The first-order valence-electron chi connectivity index (χ1n) is 12.6. The number of nitrogen functional groups attached to an aromatic ring is 2. The van der Waals surface area contributed by atoms with Crippen LogP contribution in [0.5, 0.6) is 0 Å². The summed E-state index contributed by atoms with van der Waals surface area (Å²) in [5.74, 6) is 0. The van der Waals surface area contributed by atoms with Crippen LogP contribution in [-0.2, 0) is 0 Å². The molecule has 38 heavy (non-hydrogen) atoms. The zero-order valence-electron chi connectivity index (χ0n) is 20.6. The van der Waals surface area contributed by atoms with Crippen LogP contribution in [0.3, 0.4) is 0 Å². The largest absolute Gasteiger partial charge is 0.397 e. The first-order valence-corrected chi connectivity index (χ1v) is 12.6. The van der Waals surface area contributed by atoms with E-state index in [0.717, 1.165) is 33.4 Å². The number of hydrogen-bond donors (Lipinski definition) is 2. The van der Waals surface area contributed by atoms with Gasteiger partial charge >= 0.3 is 0 Å². The monoisotopic (exact) mass is 485 g/mol. The van der Waals surface area contributed by atoms with Crippen LogP contribution in [0.25, 0.3) is 66.4 Å². The van der Waals surface area contributed by atoms with E-state index in [1.165, 1.54) is 33.0 Å². The number of rotatable bonds is 3. The highest BCUT2D eigenvalue weighted by atomic mass is 14.7. The van der Waals surface area contributed by atoms with E-state index in [0.29, 0.717) is 16.9 Å². The van der Waals surface area contributed by atoms with Gasteiger partial charge in [-0.15, -0.1) is 0 Å². The fourth-order valence-corrected chi connectivity index (χ4v) is 5.89. The molecule has 0 bridgehead atoms. The number of hydrogen-bond acceptors (Lipinski definition) is 3. The van der Waals surface area contributed by atoms with Gasteiger partial charge in [0.25, 0.3) is 0 Å². The molecule has 3 heteroatoms. The smallest absolute Gasteiger partial charge is 0.101 e. The van der Waals surface area contributed by atoms with Gasteiger partial charge in [-0.25, -0.2) is 0 Å². The second kappa shape index (κ2) is 8.37. The van der Waals surface area contributed by atoms with Gasteiger partial charge < -0.3 is 11.5 Å². The number of nitrogens with two attached hydrogens (primary N) is 2. The summed E-state index contributed by atoms with van der Waals surface area (Å²) in [5, 5.41) is 12.3. The molecule has 0 heterocycles. The molecule has 4 N–H and O–H groups in total. The minimum atomic E-state index is 0.319. The molecule has 0 radical (unpaired) electrons. The molecule has 0 spiro atoms. The number of anilines is 2. The van der Waals surface area contributed by atoms with Gasteiger partial charge in [-0.1, -0.05) is 97.1 Å². The van der Waals surface area contributed by atoms with Gasteiger partial charge in [0.05, 0.1) is 16.9 Å².